The van der Waals surface area contributed by atoms with Crippen LogP contribution in [0.1, 0.15) is 35.6 Å². The van der Waals surface area contributed by atoms with Crippen molar-refractivity contribution < 1.29 is 4.74 Å². The Bertz CT molecular complexity index is 439. The molecule has 1 unspecified atom stereocenters. The second-order valence-electron chi connectivity index (χ2n) is 5.84. The summed E-state index contributed by atoms with van der Waals surface area (Å²) in [5.41, 5.74) is 3.91. The van der Waals surface area contributed by atoms with E-state index in [1.54, 1.807) is 7.11 Å². The minimum Gasteiger partial charge on any atom is -0.496 e. The molecule has 1 aromatic rings. The molecule has 1 fully saturated rings. The molecule has 1 N–H and O–H groups in total. The largest absolute Gasteiger partial charge is 0.496 e. The van der Waals surface area contributed by atoms with Crippen LogP contribution in [0.25, 0.3) is 0 Å². The Morgan fingerprint density at radius 3 is 2.47 bits per heavy atom. The topological polar surface area (TPSA) is 24.5 Å². The van der Waals surface area contributed by atoms with Crippen molar-refractivity contribution in [1.29, 1.82) is 0 Å². The van der Waals surface area contributed by atoms with Gasteiger partial charge in [0.25, 0.3) is 0 Å². The lowest BCUT2D eigenvalue weighted by Gasteiger charge is -2.27. The van der Waals surface area contributed by atoms with Crippen molar-refractivity contribution in [2.45, 2.75) is 38.8 Å². The van der Waals surface area contributed by atoms with Crippen molar-refractivity contribution in [2.75, 3.05) is 27.7 Å². The van der Waals surface area contributed by atoms with E-state index in [0.717, 1.165) is 18.3 Å². The minimum atomic E-state index is 0.421. The molecule has 0 saturated heterocycles. The molecule has 0 amide bonds. The molecule has 106 valence electrons. The maximum Gasteiger partial charge on any atom is 0.122 e. The Kier molecular flexibility index (Phi) is 4.48. The molecule has 2 rings (SSSR count). The first kappa shape index (κ1) is 14.4. The second-order valence-corrected chi connectivity index (χ2v) is 5.84. The summed E-state index contributed by atoms with van der Waals surface area (Å²) in [6.07, 6.45) is 2.67. The highest BCUT2D eigenvalue weighted by atomic mass is 16.5. The van der Waals surface area contributed by atoms with Crippen molar-refractivity contribution in [3.05, 3.63) is 28.8 Å². The van der Waals surface area contributed by atoms with E-state index in [1.165, 1.54) is 29.5 Å². The molecule has 0 aliphatic heterocycles. The quantitative estimate of drug-likeness (QED) is 0.853. The van der Waals surface area contributed by atoms with Crippen molar-refractivity contribution in [3.63, 3.8) is 0 Å². The van der Waals surface area contributed by atoms with Gasteiger partial charge in [-0.25, -0.2) is 0 Å². The van der Waals surface area contributed by atoms with Gasteiger partial charge >= 0.3 is 0 Å². The van der Waals surface area contributed by atoms with Gasteiger partial charge in [0.1, 0.15) is 5.75 Å². The highest BCUT2D eigenvalue weighted by molar-refractivity contribution is 5.43. The zero-order valence-electron chi connectivity index (χ0n) is 12.8. The Balaban J connectivity index is 2.21. The summed E-state index contributed by atoms with van der Waals surface area (Å²) in [4.78, 5) is 2.30. The fourth-order valence-corrected chi connectivity index (χ4v) is 2.53. The lowest BCUT2D eigenvalue weighted by Crippen LogP contribution is -2.32. The molecule has 0 heterocycles. The Labute approximate surface area is 116 Å². The molecule has 1 aliphatic carbocycles. The third-order valence-corrected chi connectivity index (χ3v) is 3.94. The first-order chi connectivity index (χ1) is 9.02. The van der Waals surface area contributed by atoms with Crippen LogP contribution in [0.2, 0.25) is 0 Å². The van der Waals surface area contributed by atoms with Crippen LogP contribution in [0.15, 0.2) is 12.1 Å². The van der Waals surface area contributed by atoms with Gasteiger partial charge in [-0.1, -0.05) is 6.07 Å². The van der Waals surface area contributed by atoms with Gasteiger partial charge in [0, 0.05) is 18.6 Å². The first-order valence-electron chi connectivity index (χ1n) is 7.08. The lowest BCUT2D eigenvalue weighted by molar-refractivity contribution is 0.287. The number of likely N-dealkylation sites (N-methyl/N-ethyl adjacent to an activating group) is 1. The molecule has 0 bridgehead atoms. The normalized spacial score (nSPS) is 16.7. The minimum absolute atomic E-state index is 0.421. The molecule has 19 heavy (non-hydrogen) atoms. The average molecular weight is 262 g/mol. The van der Waals surface area contributed by atoms with Gasteiger partial charge < -0.3 is 15.0 Å². The predicted molar refractivity (Wildman–Crippen MR) is 79.9 cm³/mol. The molecule has 0 spiro atoms. The zero-order chi connectivity index (χ0) is 14.0. The van der Waals surface area contributed by atoms with Gasteiger partial charge in [-0.15, -0.1) is 0 Å². The van der Waals surface area contributed by atoms with Crippen molar-refractivity contribution >= 4 is 0 Å². The number of methoxy groups -OCH3 is 1. The maximum atomic E-state index is 5.40. The maximum absolute atomic E-state index is 5.40. The van der Waals surface area contributed by atoms with Crippen LogP contribution < -0.4 is 10.1 Å². The fraction of sp³-hybridized carbons (Fsp3) is 0.625. The number of hydrogen-bond acceptors (Lipinski definition) is 3. The average Bonchev–Trinajstić information content (AvgIpc) is 3.16. The van der Waals surface area contributed by atoms with Gasteiger partial charge in [-0.2, -0.15) is 0 Å². The van der Waals surface area contributed by atoms with Crippen molar-refractivity contribution in [3.8, 4) is 5.75 Å². The number of nitrogens with one attached hydrogen (secondary N) is 1. The smallest absolute Gasteiger partial charge is 0.122 e. The van der Waals surface area contributed by atoms with Crippen LogP contribution in [-0.4, -0.2) is 38.7 Å². The number of benzene rings is 1. The van der Waals surface area contributed by atoms with E-state index in [-0.39, 0.29) is 0 Å². The lowest BCUT2D eigenvalue weighted by atomic mass is 9.97. The van der Waals surface area contributed by atoms with Crippen LogP contribution in [0.4, 0.5) is 0 Å². The summed E-state index contributed by atoms with van der Waals surface area (Å²) in [6.45, 7) is 5.30. The van der Waals surface area contributed by atoms with E-state index in [2.05, 4.69) is 50.3 Å². The van der Waals surface area contributed by atoms with Crippen LogP contribution in [0.3, 0.4) is 0 Å². The summed E-state index contributed by atoms with van der Waals surface area (Å²) < 4.78 is 5.40. The van der Waals surface area contributed by atoms with Crippen molar-refractivity contribution in [1.82, 2.24) is 10.2 Å². The Morgan fingerprint density at radius 2 is 1.95 bits per heavy atom. The van der Waals surface area contributed by atoms with Gasteiger partial charge in [0.15, 0.2) is 0 Å². The van der Waals surface area contributed by atoms with E-state index in [9.17, 15) is 0 Å². The van der Waals surface area contributed by atoms with Crippen LogP contribution in [0, 0.1) is 13.8 Å². The fourth-order valence-electron chi connectivity index (χ4n) is 2.53. The summed E-state index contributed by atoms with van der Waals surface area (Å²) in [5, 5.41) is 3.64. The van der Waals surface area contributed by atoms with E-state index < -0.39 is 0 Å². The summed E-state index contributed by atoms with van der Waals surface area (Å²) >= 11 is 0. The predicted octanol–water partition coefficient (Wildman–Crippen LogP) is 2.67. The summed E-state index contributed by atoms with van der Waals surface area (Å²) in [7, 11) is 6.04. The standard InChI is InChI=1S/C16H26N2O/c1-11-9-16(19-5)12(2)8-14(11)15(18(3)4)10-17-13-6-7-13/h8-9,13,15,17H,6-7,10H2,1-5H3. The zero-order valence-corrected chi connectivity index (χ0v) is 12.8. The molecule has 3 nitrogen and oxygen atoms in total. The Morgan fingerprint density at radius 1 is 1.26 bits per heavy atom. The van der Waals surface area contributed by atoms with Crippen LogP contribution >= 0.6 is 0 Å². The number of ether oxygens (including phenoxy) is 1. The van der Waals surface area contributed by atoms with E-state index in [4.69, 9.17) is 4.74 Å². The van der Waals surface area contributed by atoms with Crippen LogP contribution in [-0.2, 0) is 0 Å². The number of nitrogens with zero attached hydrogens (tertiary/aromatic N) is 1. The monoisotopic (exact) mass is 262 g/mol. The molecule has 3 heteroatoms. The van der Waals surface area contributed by atoms with Gasteiger partial charge in [0.05, 0.1) is 7.11 Å². The number of hydrogen-bond donors (Lipinski definition) is 1. The highest BCUT2D eigenvalue weighted by Gasteiger charge is 2.24. The highest BCUT2D eigenvalue weighted by Crippen LogP contribution is 2.29. The third-order valence-electron chi connectivity index (χ3n) is 3.94. The van der Waals surface area contributed by atoms with E-state index in [0.29, 0.717) is 6.04 Å². The van der Waals surface area contributed by atoms with E-state index in [1.807, 2.05) is 0 Å². The molecule has 1 saturated carbocycles. The number of rotatable bonds is 6. The van der Waals surface area contributed by atoms with Gasteiger partial charge in [-0.05, 0) is 63.5 Å². The van der Waals surface area contributed by atoms with Crippen molar-refractivity contribution in [2.24, 2.45) is 0 Å². The molecule has 1 atom stereocenters. The molecular weight excluding hydrogens is 236 g/mol. The molecular formula is C16H26N2O. The second kappa shape index (κ2) is 5.93. The molecule has 1 aliphatic rings. The van der Waals surface area contributed by atoms with E-state index >= 15 is 0 Å². The van der Waals surface area contributed by atoms with Crippen LogP contribution in [0.5, 0.6) is 5.75 Å². The summed E-state index contributed by atoms with van der Waals surface area (Å²) in [5.74, 6) is 0.980. The Hall–Kier alpha value is -1.06. The third kappa shape index (κ3) is 3.48. The molecule has 1 aromatic carbocycles. The summed E-state index contributed by atoms with van der Waals surface area (Å²) in [6, 6.07) is 5.60. The SMILES string of the molecule is COc1cc(C)c(C(CNC2CC2)N(C)C)cc1C. The number of aryl methyl sites for hydroxylation is 2. The molecule has 0 aromatic heterocycles. The van der Waals surface area contributed by atoms with Gasteiger partial charge in [0.2, 0.25) is 0 Å². The van der Waals surface area contributed by atoms with Gasteiger partial charge in [-0.3, -0.25) is 0 Å². The first-order valence-corrected chi connectivity index (χ1v) is 7.08. The molecule has 0 radical (unpaired) electrons.